The Hall–Kier alpha value is -0.200. The summed E-state index contributed by atoms with van der Waals surface area (Å²) >= 11 is 5.23. The van der Waals surface area contributed by atoms with Gasteiger partial charge in [0.05, 0.1) is 0 Å². The maximum absolute atomic E-state index is 12.3. The van der Waals surface area contributed by atoms with E-state index in [0.717, 1.165) is 12.2 Å². The van der Waals surface area contributed by atoms with Gasteiger partial charge < -0.3 is 0 Å². The highest BCUT2D eigenvalue weighted by Crippen LogP contribution is 2.41. The Kier molecular flexibility index (Phi) is 3.15. The van der Waals surface area contributed by atoms with E-state index in [2.05, 4.69) is 0 Å². The summed E-state index contributed by atoms with van der Waals surface area (Å²) in [6, 6.07) is 0. The van der Waals surface area contributed by atoms with Crippen LogP contribution in [0.25, 0.3) is 0 Å². The van der Waals surface area contributed by atoms with Gasteiger partial charge >= 0.3 is 6.18 Å². The minimum Gasteiger partial charge on any atom is -0.211 e. The number of alkyl halides is 4. The van der Waals surface area contributed by atoms with Gasteiger partial charge in [-0.25, -0.2) is 8.42 Å². The highest BCUT2D eigenvalue weighted by molar-refractivity contribution is 8.14. The van der Waals surface area contributed by atoms with E-state index in [4.69, 9.17) is 22.3 Å². The molecule has 0 bridgehead atoms. The van der Waals surface area contributed by atoms with Crippen LogP contribution in [0, 0.1) is 0 Å². The van der Waals surface area contributed by atoms with Crippen molar-refractivity contribution in [2.75, 3.05) is 0 Å². The van der Waals surface area contributed by atoms with Crippen molar-refractivity contribution in [3.8, 4) is 0 Å². The average molecular weight is 281 g/mol. The van der Waals surface area contributed by atoms with Gasteiger partial charge in [0.15, 0.2) is 4.87 Å². The van der Waals surface area contributed by atoms with Gasteiger partial charge in [0, 0.05) is 10.7 Å². The number of hydrogen-bond acceptors (Lipinski definition) is 2. The first-order valence-electron chi connectivity index (χ1n) is 3.64. The van der Waals surface area contributed by atoms with E-state index in [1.165, 1.54) is 0 Å². The second-order valence-corrected chi connectivity index (χ2v) is 6.34. The maximum atomic E-state index is 12.3. The van der Waals surface area contributed by atoms with Crippen molar-refractivity contribution in [3.63, 3.8) is 0 Å². The molecule has 0 aromatic heterocycles. The second-order valence-electron chi connectivity index (χ2n) is 2.92. The van der Waals surface area contributed by atoms with Gasteiger partial charge in [-0.1, -0.05) is 24.3 Å². The summed E-state index contributed by atoms with van der Waals surface area (Å²) in [7, 11) is 1.02. The molecule has 0 fully saturated rings. The zero-order valence-corrected chi connectivity index (χ0v) is 9.33. The molecule has 0 aliphatic heterocycles. The quantitative estimate of drug-likeness (QED) is 0.420. The molecule has 0 unspecified atom stereocenters. The van der Waals surface area contributed by atoms with Crippen LogP contribution in [-0.2, 0) is 9.05 Å². The van der Waals surface area contributed by atoms with Gasteiger partial charge in [0.1, 0.15) is 5.25 Å². The lowest BCUT2D eigenvalue weighted by atomic mass is 10.0. The molecule has 15 heavy (non-hydrogen) atoms. The molecule has 0 radical (unpaired) electrons. The lowest BCUT2D eigenvalue weighted by molar-refractivity contribution is -0.139. The van der Waals surface area contributed by atoms with Crippen molar-refractivity contribution < 1.29 is 21.6 Å². The summed E-state index contributed by atoms with van der Waals surface area (Å²) in [5.74, 6) is 0. The summed E-state index contributed by atoms with van der Waals surface area (Å²) < 4.78 is 58.6. The summed E-state index contributed by atoms with van der Waals surface area (Å²) in [6.07, 6.45) is -1.92. The van der Waals surface area contributed by atoms with Gasteiger partial charge in [-0.3, -0.25) is 0 Å². The highest BCUT2D eigenvalue weighted by atomic mass is 35.7. The third-order valence-electron chi connectivity index (χ3n) is 1.82. The molecule has 86 valence electrons. The molecule has 0 saturated heterocycles. The second kappa shape index (κ2) is 3.68. The first kappa shape index (κ1) is 12.9. The molecule has 1 aliphatic rings. The van der Waals surface area contributed by atoms with Gasteiger partial charge in [0.25, 0.3) is 0 Å². The van der Waals surface area contributed by atoms with E-state index in [0.29, 0.717) is 12.2 Å². The Bertz CT molecular complexity index is 396. The van der Waals surface area contributed by atoms with E-state index in [1.807, 2.05) is 0 Å². The molecule has 0 aromatic rings. The lowest BCUT2D eigenvalue weighted by Crippen LogP contribution is -2.38. The fourth-order valence-electron chi connectivity index (χ4n) is 0.966. The van der Waals surface area contributed by atoms with Gasteiger partial charge in [-0.05, 0) is 0 Å². The van der Waals surface area contributed by atoms with Crippen LogP contribution in [0.15, 0.2) is 24.3 Å². The Morgan fingerprint density at radius 3 is 1.87 bits per heavy atom. The Labute approximate surface area is 93.8 Å². The SMILES string of the molecule is O=S(=O)(Cl)C1C=CC(Cl)(C(F)(F)F)C=C1. The average Bonchev–Trinajstić information content (AvgIpc) is 2.01. The third kappa shape index (κ3) is 2.68. The Morgan fingerprint density at radius 2 is 1.60 bits per heavy atom. The topological polar surface area (TPSA) is 34.1 Å². The van der Waals surface area contributed by atoms with Crippen molar-refractivity contribution >= 4 is 31.3 Å². The van der Waals surface area contributed by atoms with Crippen LogP contribution in [0.1, 0.15) is 0 Å². The molecule has 8 heteroatoms. The van der Waals surface area contributed by atoms with Crippen LogP contribution in [-0.4, -0.2) is 24.7 Å². The third-order valence-corrected chi connectivity index (χ3v) is 3.86. The normalized spacial score (nSPS) is 31.9. The molecule has 0 N–H and O–H groups in total. The summed E-state index contributed by atoms with van der Waals surface area (Å²) in [6.45, 7) is 0. The number of halogens is 5. The van der Waals surface area contributed by atoms with Crippen LogP contribution in [0.2, 0.25) is 0 Å². The molecular weight excluding hydrogens is 276 g/mol. The molecule has 0 heterocycles. The minimum absolute atomic E-state index is 0.569. The van der Waals surface area contributed by atoms with Crippen LogP contribution in [0.4, 0.5) is 13.2 Å². The first-order valence-corrected chi connectivity index (χ1v) is 6.39. The fourth-order valence-corrected chi connectivity index (χ4v) is 2.00. The molecule has 0 amide bonds. The van der Waals surface area contributed by atoms with Gasteiger partial charge in [0.2, 0.25) is 9.05 Å². The van der Waals surface area contributed by atoms with Crippen molar-refractivity contribution in [3.05, 3.63) is 24.3 Å². The zero-order chi connectivity index (χ0) is 11.9. The molecule has 0 spiro atoms. The smallest absolute Gasteiger partial charge is 0.211 e. The van der Waals surface area contributed by atoms with Crippen molar-refractivity contribution in [1.29, 1.82) is 0 Å². The van der Waals surface area contributed by atoms with Crippen molar-refractivity contribution in [2.24, 2.45) is 0 Å². The largest absolute Gasteiger partial charge is 0.414 e. The van der Waals surface area contributed by atoms with E-state index in [1.54, 1.807) is 0 Å². The fraction of sp³-hybridized carbons (Fsp3) is 0.429. The summed E-state index contributed by atoms with van der Waals surface area (Å²) in [5.41, 5.74) is 0. The molecule has 2 nitrogen and oxygen atoms in total. The predicted octanol–water partition coefficient (Wildman–Crippen LogP) is 2.59. The molecular formula is C7H5Cl2F3O2S. The molecule has 0 saturated carbocycles. The van der Waals surface area contributed by atoms with Gasteiger partial charge in [-0.15, -0.1) is 11.6 Å². The summed E-state index contributed by atoms with van der Waals surface area (Å²) in [4.78, 5) is -2.65. The lowest BCUT2D eigenvalue weighted by Gasteiger charge is -2.26. The standard InChI is InChI=1S/C7H5Cl2F3O2S/c8-6(7(10,11)12)3-1-5(2-4-6)15(9,13)14/h1-5H. The monoisotopic (exact) mass is 280 g/mol. The highest BCUT2D eigenvalue weighted by Gasteiger charge is 2.51. The Balaban J connectivity index is 3.00. The van der Waals surface area contributed by atoms with Crippen LogP contribution < -0.4 is 0 Å². The minimum atomic E-state index is -4.68. The van der Waals surface area contributed by atoms with E-state index in [9.17, 15) is 21.6 Å². The predicted molar refractivity (Wildman–Crippen MR) is 51.5 cm³/mol. The first-order chi connectivity index (χ1) is 6.56. The molecule has 0 aromatic carbocycles. The van der Waals surface area contributed by atoms with Crippen molar-refractivity contribution in [2.45, 2.75) is 16.3 Å². The zero-order valence-electron chi connectivity index (χ0n) is 7.00. The van der Waals surface area contributed by atoms with E-state index >= 15 is 0 Å². The van der Waals surface area contributed by atoms with Crippen LogP contribution in [0.5, 0.6) is 0 Å². The van der Waals surface area contributed by atoms with E-state index < -0.39 is 25.4 Å². The van der Waals surface area contributed by atoms with Crippen LogP contribution in [0.3, 0.4) is 0 Å². The summed E-state index contributed by atoms with van der Waals surface area (Å²) in [5, 5.41) is -1.27. The number of hydrogen-bond donors (Lipinski definition) is 0. The molecule has 1 aliphatic carbocycles. The van der Waals surface area contributed by atoms with E-state index in [-0.39, 0.29) is 0 Å². The maximum Gasteiger partial charge on any atom is 0.414 e. The number of allylic oxidation sites excluding steroid dienone is 2. The molecule has 1 rings (SSSR count). The van der Waals surface area contributed by atoms with Crippen LogP contribution >= 0.6 is 22.3 Å². The molecule has 0 atom stereocenters. The number of rotatable bonds is 1. The van der Waals surface area contributed by atoms with Gasteiger partial charge in [-0.2, -0.15) is 13.2 Å². The van der Waals surface area contributed by atoms with Crippen molar-refractivity contribution in [1.82, 2.24) is 0 Å². The Morgan fingerprint density at radius 1 is 1.20 bits per heavy atom.